The van der Waals surface area contributed by atoms with Crippen LogP contribution in [0.1, 0.15) is 146 Å². The molecule has 0 saturated heterocycles. The molecule has 0 radical (unpaired) electrons. The Morgan fingerprint density at radius 2 is 1.19 bits per heavy atom. The van der Waals surface area contributed by atoms with Crippen molar-refractivity contribution in [3.63, 3.8) is 0 Å². The van der Waals surface area contributed by atoms with E-state index in [1.807, 2.05) is 0 Å². The molecule has 0 aromatic carbocycles. The van der Waals surface area contributed by atoms with E-state index in [9.17, 15) is 4.57 Å². The second-order valence-corrected chi connectivity index (χ2v) is 14.8. The zero-order valence-electron chi connectivity index (χ0n) is 22.9. The summed E-state index contributed by atoms with van der Waals surface area (Å²) in [5.41, 5.74) is -0.514. The fourth-order valence-corrected chi connectivity index (χ4v) is 7.09. The van der Waals surface area contributed by atoms with Crippen molar-refractivity contribution < 1.29 is 13.6 Å². The Morgan fingerprint density at radius 1 is 0.742 bits per heavy atom. The molecule has 0 fully saturated rings. The van der Waals surface area contributed by atoms with Crippen LogP contribution in [0.2, 0.25) is 0 Å². The Hall–Kier alpha value is 0.150. The highest BCUT2D eigenvalue weighted by molar-refractivity contribution is 7.55. The van der Waals surface area contributed by atoms with E-state index in [-0.39, 0.29) is 5.41 Å². The van der Waals surface area contributed by atoms with Crippen LogP contribution in [0, 0.1) is 11.3 Å². The molecule has 0 aromatic rings. The van der Waals surface area contributed by atoms with E-state index < -0.39 is 18.4 Å². The molecule has 0 aliphatic heterocycles. The second kappa shape index (κ2) is 14.4. The van der Waals surface area contributed by atoms with Crippen molar-refractivity contribution in [3.05, 3.63) is 0 Å². The van der Waals surface area contributed by atoms with Crippen LogP contribution >= 0.6 is 7.60 Å². The molecule has 4 heteroatoms. The molecule has 0 aliphatic carbocycles. The summed E-state index contributed by atoms with van der Waals surface area (Å²) in [5, 5.41) is -0.424. The van der Waals surface area contributed by atoms with Gasteiger partial charge in [-0.05, 0) is 51.4 Å². The molecule has 0 spiro atoms. The average Bonchev–Trinajstić information content (AvgIpc) is 2.61. The average molecular weight is 461 g/mol. The quantitative estimate of drug-likeness (QED) is 0.151. The summed E-state index contributed by atoms with van der Waals surface area (Å²) in [7, 11) is -3.32. The largest absolute Gasteiger partial charge is 0.336 e. The highest BCUT2D eigenvalue weighted by atomic mass is 31.2. The summed E-state index contributed by atoms with van der Waals surface area (Å²) >= 11 is 0. The van der Waals surface area contributed by atoms with Crippen LogP contribution < -0.4 is 0 Å². The molecule has 3 nitrogen and oxygen atoms in total. The SMILES string of the molecule is CCCCCCCC(C)(CCCCCC)P(=O)(OCC(C)(C)C)OC(C)(C)CC(C)C. The van der Waals surface area contributed by atoms with E-state index in [0.29, 0.717) is 12.5 Å². The van der Waals surface area contributed by atoms with Gasteiger partial charge in [-0.1, -0.05) is 106 Å². The van der Waals surface area contributed by atoms with Crippen LogP contribution in [0.5, 0.6) is 0 Å². The molecule has 0 bridgehead atoms. The summed E-state index contributed by atoms with van der Waals surface area (Å²) in [5.74, 6) is 0.482. The van der Waals surface area contributed by atoms with Crippen LogP contribution in [-0.4, -0.2) is 17.4 Å². The fraction of sp³-hybridized carbons (Fsp3) is 1.00. The lowest BCUT2D eigenvalue weighted by Gasteiger charge is -2.42. The first-order chi connectivity index (χ1) is 14.2. The molecule has 0 amide bonds. The first-order valence-electron chi connectivity index (χ1n) is 13.2. The Labute approximate surface area is 196 Å². The zero-order chi connectivity index (χ0) is 24.2. The zero-order valence-corrected chi connectivity index (χ0v) is 23.8. The summed E-state index contributed by atoms with van der Waals surface area (Å²) < 4.78 is 27.5. The smallest absolute Gasteiger partial charge is 0.308 e. The van der Waals surface area contributed by atoms with Gasteiger partial charge in [0.2, 0.25) is 0 Å². The summed E-state index contributed by atoms with van der Waals surface area (Å²) in [4.78, 5) is 0. The van der Waals surface area contributed by atoms with Gasteiger partial charge in [-0.25, -0.2) is 0 Å². The predicted octanol–water partition coefficient (Wildman–Crippen LogP) is 10.2. The number of rotatable bonds is 18. The molecule has 0 heterocycles. The van der Waals surface area contributed by atoms with Crippen molar-refractivity contribution in [1.82, 2.24) is 0 Å². The minimum Gasteiger partial charge on any atom is -0.308 e. The lowest BCUT2D eigenvalue weighted by molar-refractivity contribution is 0.0401. The first-order valence-corrected chi connectivity index (χ1v) is 14.7. The summed E-state index contributed by atoms with van der Waals surface area (Å²) in [6.45, 7) is 22.1. The van der Waals surface area contributed by atoms with Gasteiger partial charge in [0.05, 0.1) is 17.4 Å². The van der Waals surface area contributed by atoms with E-state index in [1.165, 1.54) is 44.9 Å². The van der Waals surface area contributed by atoms with E-state index in [1.54, 1.807) is 0 Å². The van der Waals surface area contributed by atoms with Gasteiger partial charge in [0, 0.05) is 0 Å². The van der Waals surface area contributed by atoms with Gasteiger partial charge in [0.15, 0.2) is 0 Å². The van der Waals surface area contributed by atoms with Gasteiger partial charge >= 0.3 is 7.60 Å². The molecule has 0 aliphatic rings. The highest BCUT2D eigenvalue weighted by Gasteiger charge is 2.49. The lowest BCUT2D eigenvalue weighted by atomic mass is 9.95. The topological polar surface area (TPSA) is 35.5 Å². The highest BCUT2D eigenvalue weighted by Crippen LogP contribution is 2.66. The monoisotopic (exact) mass is 460 g/mol. The normalized spacial score (nSPS) is 17.0. The standard InChI is InChI=1S/C27H57O3P/c1-11-13-15-17-19-21-27(10,20-18-16-14-12-2)31(28,29-23-25(5,6)7)30-26(8,9)22-24(3)4/h24H,11-23H2,1-10H3. The Morgan fingerprint density at radius 3 is 1.61 bits per heavy atom. The van der Waals surface area contributed by atoms with Crippen molar-refractivity contribution in [3.8, 4) is 0 Å². The lowest BCUT2D eigenvalue weighted by Crippen LogP contribution is -2.35. The molecule has 0 rings (SSSR count). The van der Waals surface area contributed by atoms with Gasteiger partial charge in [-0.15, -0.1) is 0 Å². The van der Waals surface area contributed by atoms with Gasteiger partial charge < -0.3 is 9.05 Å². The molecule has 0 N–H and O–H groups in total. The third kappa shape index (κ3) is 13.4. The predicted molar refractivity (Wildman–Crippen MR) is 138 cm³/mol. The van der Waals surface area contributed by atoms with E-state index in [2.05, 4.69) is 69.2 Å². The minimum absolute atomic E-state index is 0.0501. The van der Waals surface area contributed by atoms with Gasteiger partial charge in [0.1, 0.15) is 0 Å². The van der Waals surface area contributed by atoms with Crippen LogP contribution in [-0.2, 0) is 13.6 Å². The number of hydrogen-bond acceptors (Lipinski definition) is 3. The van der Waals surface area contributed by atoms with Crippen LogP contribution in [0.15, 0.2) is 0 Å². The number of hydrogen-bond donors (Lipinski definition) is 0. The fourth-order valence-electron chi connectivity index (χ4n) is 4.36. The van der Waals surface area contributed by atoms with Crippen molar-refractivity contribution >= 4 is 7.60 Å². The van der Waals surface area contributed by atoms with Crippen molar-refractivity contribution in [2.24, 2.45) is 11.3 Å². The van der Waals surface area contributed by atoms with Gasteiger partial charge in [-0.3, -0.25) is 4.57 Å². The first kappa shape index (κ1) is 31.1. The maximum atomic E-state index is 14.6. The summed E-state index contributed by atoms with van der Waals surface area (Å²) in [6, 6.07) is 0. The molecule has 0 saturated carbocycles. The third-order valence-electron chi connectivity index (χ3n) is 5.98. The van der Waals surface area contributed by atoms with Crippen molar-refractivity contribution in [2.45, 2.75) is 157 Å². The maximum Gasteiger partial charge on any atom is 0.336 e. The van der Waals surface area contributed by atoms with Crippen molar-refractivity contribution in [1.29, 1.82) is 0 Å². The second-order valence-electron chi connectivity index (χ2n) is 12.3. The molecule has 0 aromatic heterocycles. The van der Waals surface area contributed by atoms with Crippen molar-refractivity contribution in [2.75, 3.05) is 6.61 Å². The Kier molecular flexibility index (Phi) is 14.5. The van der Waals surface area contributed by atoms with E-state index in [4.69, 9.17) is 9.05 Å². The van der Waals surface area contributed by atoms with Gasteiger partial charge in [-0.2, -0.15) is 0 Å². The molecule has 2 atom stereocenters. The Balaban J connectivity index is 5.75. The molecular formula is C27H57O3P. The van der Waals surface area contributed by atoms with Crippen LogP contribution in [0.25, 0.3) is 0 Å². The Bertz CT molecular complexity index is 507. The summed E-state index contributed by atoms with van der Waals surface area (Å²) in [6.07, 6.45) is 13.5. The maximum absolute atomic E-state index is 14.6. The molecule has 31 heavy (non-hydrogen) atoms. The molecule has 2 unspecified atom stereocenters. The number of unbranched alkanes of at least 4 members (excludes halogenated alkanes) is 7. The minimum atomic E-state index is -3.32. The van der Waals surface area contributed by atoms with Crippen LogP contribution in [0.4, 0.5) is 0 Å². The van der Waals surface area contributed by atoms with E-state index in [0.717, 1.165) is 32.1 Å². The van der Waals surface area contributed by atoms with Gasteiger partial charge in [0.25, 0.3) is 0 Å². The van der Waals surface area contributed by atoms with Crippen LogP contribution in [0.3, 0.4) is 0 Å². The third-order valence-corrected chi connectivity index (χ3v) is 8.96. The molecule has 188 valence electrons. The molecular weight excluding hydrogens is 403 g/mol. The van der Waals surface area contributed by atoms with E-state index >= 15 is 0 Å².